The molecule has 0 aromatic carbocycles. The fourth-order valence-electron chi connectivity index (χ4n) is 1.41. The minimum Gasteiger partial charge on any atom is -0.317 e. The van der Waals surface area contributed by atoms with E-state index in [1.807, 2.05) is 13.8 Å². The van der Waals surface area contributed by atoms with Gasteiger partial charge < -0.3 is 4.52 Å². The summed E-state index contributed by atoms with van der Waals surface area (Å²) in [6.45, 7) is 3.11. The van der Waals surface area contributed by atoms with Crippen LogP contribution in [0.15, 0.2) is 0 Å². The third-order valence-electron chi connectivity index (χ3n) is 1.92. The fourth-order valence-corrected chi connectivity index (χ4v) is 5.99. The average Bonchev–Trinajstić information content (AvgIpc) is 1.82. The summed E-state index contributed by atoms with van der Waals surface area (Å²) in [7, 11) is 0. The molecule has 0 aromatic rings. The Labute approximate surface area is 77.6 Å². The molecule has 1 saturated heterocycles. The van der Waals surface area contributed by atoms with E-state index < -0.39 is 6.57 Å². The Balaban J connectivity index is 2.79. The lowest BCUT2D eigenvalue weighted by atomic mass is 10.0. The van der Waals surface area contributed by atoms with Crippen LogP contribution >= 0.6 is 18.0 Å². The van der Waals surface area contributed by atoms with Crippen molar-refractivity contribution in [2.45, 2.75) is 25.2 Å². The van der Waals surface area contributed by atoms with Crippen LogP contribution in [0.5, 0.6) is 0 Å². The summed E-state index contributed by atoms with van der Waals surface area (Å²) in [4.78, 5) is 0. The van der Waals surface area contributed by atoms with E-state index in [-0.39, 0.29) is 17.3 Å². The summed E-state index contributed by atoms with van der Waals surface area (Å²) in [5.74, 6) is 2.75. The minimum atomic E-state index is -2.43. The lowest BCUT2D eigenvalue weighted by molar-refractivity contribution is 0.185. The van der Waals surface area contributed by atoms with Crippen LogP contribution in [-0.2, 0) is 9.09 Å². The lowest BCUT2D eigenvalue weighted by Gasteiger charge is -2.34. The molecular formula is C8H13O2PS. The van der Waals surface area contributed by atoms with Gasteiger partial charge in [0.2, 0.25) is 0 Å². The predicted molar refractivity (Wildman–Crippen MR) is 53.5 cm³/mol. The Morgan fingerprint density at radius 3 is 2.58 bits per heavy atom. The smallest absolute Gasteiger partial charge is 0.255 e. The zero-order valence-electron chi connectivity index (χ0n) is 7.48. The maximum atomic E-state index is 11.6. The van der Waals surface area contributed by atoms with Crippen LogP contribution in [0, 0.1) is 18.3 Å². The molecule has 1 aliphatic rings. The molecule has 0 saturated carbocycles. The number of hydrogen-bond donors (Lipinski definition) is 0. The van der Waals surface area contributed by atoms with Crippen LogP contribution in [0.25, 0.3) is 0 Å². The third kappa shape index (κ3) is 2.07. The van der Waals surface area contributed by atoms with Gasteiger partial charge in [-0.1, -0.05) is 24.2 Å². The van der Waals surface area contributed by atoms with Gasteiger partial charge >= 0.3 is 0 Å². The van der Waals surface area contributed by atoms with Gasteiger partial charge in [0.25, 0.3) is 6.57 Å². The summed E-state index contributed by atoms with van der Waals surface area (Å²) in [5, 5.41) is 0.231. The minimum absolute atomic E-state index is 0.0806. The molecule has 2 nitrogen and oxygen atoms in total. The van der Waals surface area contributed by atoms with Crippen LogP contribution in [-0.4, -0.2) is 18.0 Å². The number of terminal acetylenes is 1. The van der Waals surface area contributed by atoms with Crippen molar-refractivity contribution in [3.8, 4) is 12.3 Å². The van der Waals surface area contributed by atoms with E-state index in [1.165, 1.54) is 11.4 Å². The summed E-state index contributed by atoms with van der Waals surface area (Å²) in [5.41, 5.74) is 0. The SMILES string of the molecule is C#CC1C(C)OP(C)(=O)SC1C. The number of rotatable bonds is 0. The van der Waals surface area contributed by atoms with Gasteiger partial charge in [0.05, 0.1) is 12.0 Å². The van der Waals surface area contributed by atoms with Crippen LogP contribution in [0.1, 0.15) is 13.8 Å². The third-order valence-corrected chi connectivity index (χ3v) is 6.05. The Morgan fingerprint density at radius 1 is 1.58 bits per heavy atom. The van der Waals surface area contributed by atoms with Crippen molar-refractivity contribution in [2.24, 2.45) is 5.92 Å². The van der Waals surface area contributed by atoms with Gasteiger partial charge in [-0.15, -0.1) is 6.42 Å². The average molecular weight is 204 g/mol. The van der Waals surface area contributed by atoms with Crippen LogP contribution in [0.3, 0.4) is 0 Å². The summed E-state index contributed by atoms with van der Waals surface area (Å²) >= 11 is 1.37. The van der Waals surface area contributed by atoms with E-state index in [9.17, 15) is 4.57 Å². The second-order valence-corrected chi connectivity index (χ2v) is 8.42. The van der Waals surface area contributed by atoms with E-state index in [0.29, 0.717) is 0 Å². The summed E-state index contributed by atoms with van der Waals surface area (Å²) in [6.07, 6.45) is 5.26. The number of hydrogen-bond acceptors (Lipinski definition) is 3. The molecule has 1 aliphatic heterocycles. The van der Waals surface area contributed by atoms with Gasteiger partial charge in [-0.05, 0) is 6.92 Å². The van der Waals surface area contributed by atoms with Crippen molar-refractivity contribution in [3.63, 3.8) is 0 Å². The first-order chi connectivity index (χ1) is 5.46. The second-order valence-electron chi connectivity index (χ2n) is 3.08. The molecule has 0 aromatic heterocycles. The molecule has 0 bridgehead atoms. The van der Waals surface area contributed by atoms with Gasteiger partial charge in [0.1, 0.15) is 0 Å². The quantitative estimate of drug-likeness (QED) is 0.448. The molecular weight excluding hydrogens is 191 g/mol. The zero-order valence-corrected chi connectivity index (χ0v) is 9.19. The standard InChI is InChI=1S/C8H13O2PS/c1-5-8-6(2)10-11(4,9)12-7(8)3/h1,6-8H,2-4H3. The molecule has 4 atom stereocenters. The van der Waals surface area contributed by atoms with E-state index in [4.69, 9.17) is 10.9 Å². The Bertz CT molecular complexity index is 242. The molecule has 1 rings (SSSR count). The van der Waals surface area contributed by atoms with Crippen LogP contribution in [0.4, 0.5) is 0 Å². The Morgan fingerprint density at radius 2 is 2.17 bits per heavy atom. The Kier molecular flexibility index (Phi) is 2.93. The van der Waals surface area contributed by atoms with Crippen molar-refractivity contribution in [1.29, 1.82) is 0 Å². The van der Waals surface area contributed by atoms with Gasteiger partial charge in [-0.2, -0.15) is 0 Å². The molecule has 0 radical (unpaired) electrons. The molecule has 4 heteroatoms. The molecule has 0 aliphatic carbocycles. The van der Waals surface area contributed by atoms with Crippen LogP contribution in [0.2, 0.25) is 0 Å². The highest BCUT2D eigenvalue weighted by Gasteiger charge is 2.37. The summed E-state index contributed by atoms with van der Waals surface area (Å²) < 4.78 is 16.9. The first kappa shape index (κ1) is 10.2. The molecule has 0 N–H and O–H groups in total. The molecule has 0 amide bonds. The fraction of sp³-hybridized carbons (Fsp3) is 0.750. The zero-order chi connectivity index (χ0) is 9.35. The second kappa shape index (κ2) is 3.46. The molecule has 4 unspecified atom stereocenters. The maximum Gasteiger partial charge on any atom is 0.255 e. The first-order valence-corrected chi connectivity index (χ1v) is 7.42. The topological polar surface area (TPSA) is 26.3 Å². The highest BCUT2D eigenvalue weighted by atomic mass is 32.7. The van der Waals surface area contributed by atoms with Crippen molar-refractivity contribution in [2.75, 3.05) is 6.66 Å². The normalized spacial score (nSPS) is 48.3. The largest absolute Gasteiger partial charge is 0.317 e. The maximum absolute atomic E-state index is 11.6. The summed E-state index contributed by atoms with van der Waals surface area (Å²) in [6, 6.07) is 0. The monoisotopic (exact) mass is 204 g/mol. The lowest BCUT2D eigenvalue weighted by Crippen LogP contribution is -2.29. The van der Waals surface area contributed by atoms with Crippen LogP contribution < -0.4 is 0 Å². The van der Waals surface area contributed by atoms with Gasteiger partial charge in [0.15, 0.2) is 0 Å². The Hall–Kier alpha value is 0.100. The van der Waals surface area contributed by atoms with Gasteiger partial charge in [0, 0.05) is 11.9 Å². The van der Waals surface area contributed by atoms with Gasteiger partial charge in [-0.3, -0.25) is 4.57 Å². The molecule has 0 spiro atoms. The van der Waals surface area contributed by atoms with E-state index in [2.05, 4.69) is 5.92 Å². The van der Waals surface area contributed by atoms with Crippen molar-refractivity contribution in [3.05, 3.63) is 0 Å². The molecule has 1 fully saturated rings. The van der Waals surface area contributed by atoms with E-state index in [0.717, 1.165) is 0 Å². The van der Waals surface area contributed by atoms with E-state index >= 15 is 0 Å². The van der Waals surface area contributed by atoms with E-state index in [1.54, 1.807) is 6.66 Å². The van der Waals surface area contributed by atoms with Gasteiger partial charge in [-0.25, -0.2) is 0 Å². The van der Waals surface area contributed by atoms with Crippen molar-refractivity contribution >= 4 is 18.0 Å². The predicted octanol–water partition coefficient (Wildman–Crippen LogP) is 2.60. The highest BCUT2D eigenvalue weighted by Crippen LogP contribution is 2.63. The molecule has 12 heavy (non-hydrogen) atoms. The van der Waals surface area contributed by atoms with Crippen molar-refractivity contribution in [1.82, 2.24) is 0 Å². The molecule has 1 heterocycles. The van der Waals surface area contributed by atoms with Crippen molar-refractivity contribution < 1.29 is 9.09 Å². The highest BCUT2D eigenvalue weighted by molar-refractivity contribution is 8.56. The first-order valence-electron chi connectivity index (χ1n) is 3.87. The molecule has 68 valence electrons.